The number of carbonyl (C=O) groups is 2. The van der Waals surface area contributed by atoms with Crippen molar-refractivity contribution in [3.05, 3.63) is 69.4 Å². The van der Waals surface area contributed by atoms with Gasteiger partial charge in [0.2, 0.25) is 5.91 Å². The molecule has 1 fully saturated rings. The number of thiophene rings is 1. The van der Waals surface area contributed by atoms with Gasteiger partial charge in [-0.2, -0.15) is 0 Å². The highest BCUT2D eigenvalue weighted by Gasteiger charge is 2.28. The number of rotatable bonds is 9. The van der Waals surface area contributed by atoms with Crippen LogP contribution in [0.25, 0.3) is 0 Å². The van der Waals surface area contributed by atoms with E-state index in [4.69, 9.17) is 0 Å². The number of aliphatic hydroxyl groups excluding tert-OH is 1. The van der Waals surface area contributed by atoms with Crippen LogP contribution in [0.15, 0.2) is 48.6 Å². The minimum atomic E-state index is -0.549. The van der Waals surface area contributed by atoms with Crippen LogP contribution in [0, 0.1) is 6.92 Å². The number of aldehydes is 1. The standard InChI is InChI=1S/C23H27NO3S/c1-17-4-2-5-18(14-17)15-20(26)9-7-19-8-12-23(27)24(19)13-3-6-21-10-11-22(16-25)28-21/h2,4-5,7,9-11,14,16,19-20,26H,3,6,8,12-13,15H2,1H3/b9-7+/t19?,20-/m1/s1. The highest BCUT2D eigenvalue weighted by Crippen LogP contribution is 2.22. The van der Waals surface area contributed by atoms with Gasteiger partial charge in [0.05, 0.1) is 17.0 Å². The maximum absolute atomic E-state index is 12.2. The van der Waals surface area contributed by atoms with Gasteiger partial charge in [-0.25, -0.2) is 0 Å². The van der Waals surface area contributed by atoms with Crippen molar-refractivity contribution >= 4 is 23.5 Å². The summed E-state index contributed by atoms with van der Waals surface area (Å²) in [5, 5.41) is 10.3. The molecule has 4 nitrogen and oxygen atoms in total. The van der Waals surface area contributed by atoms with Gasteiger partial charge in [0, 0.05) is 24.3 Å². The molecule has 0 aliphatic carbocycles. The van der Waals surface area contributed by atoms with E-state index in [1.807, 2.05) is 54.3 Å². The average Bonchev–Trinajstić information content (AvgIpc) is 3.27. The lowest BCUT2D eigenvalue weighted by Crippen LogP contribution is -2.33. The molecule has 1 saturated heterocycles. The molecule has 0 spiro atoms. The van der Waals surface area contributed by atoms with E-state index in [2.05, 4.69) is 6.07 Å². The van der Waals surface area contributed by atoms with Gasteiger partial charge in [0.15, 0.2) is 6.29 Å². The molecule has 28 heavy (non-hydrogen) atoms. The molecule has 1 amide bonds. The molecule has 1 unspecified atom stereocenters. The van der Waals surface area contributed by atoms with Crippen LogP contribution in [0.1, 0.15) is 44.9 Å². The molecular weight excluding hydrogens is 370 g/mol. The maximum atomic E-state index is 12.2. The Morgan fingerprint density at radius 2 is 2.18 bits per heavy atom. The van der Waals surface area contributed by atoms with Crippen LogP contribution in [-0.4, -0.2) is 40.9 Å². The highest BCUT2D eigenvalue weighted by atomic mass is 32.1. The third-order valence-electron chi connectivity index (χ3n) is 5.08. The van der Waals surface area contributed by atoms with E-state index in [-0.39, 0.29) is 11.9 Å². The molecule has 2 heterocycles. The third-order valence-corrected chi connectivity index (χ3v) is 6.15. The fraction of sp³-hybridized carbons (Fsp3) is 0.391. The van der Waals surface area contributed by atoms with Gasteiger partial charge in [-0.3, -0.25) is 9.59 Å². The molecule has 2 atom stereocenters. The molecule has 5 heteroatoms. The molecule has 3 rings (SSSR count). The lowest BCUT2D eigenvalue weighted by atomic mass is 10.0. The second-order valence-corrected chi connectivity index (χ2v) is 8.56. The lowest BCUT2D eigenvalue weighted by molar-refractivity contribution is -0.128. The zero-order valence-electron chi connectivity index (χ0n) is 16.2. The van der Waals surface area contributed by atoms with Crippen molar-refractivity contribution in [1.29, 1.82) is 0 Å². The number of benzene rings is 1. The van der Waals surface area contributed by atoms with Crippen molar-refractivity contribution in [1.82, 2.24) is 4.90 Å². The summed E-state index contributed by atoms with van der Waals surface area (Å²) in [5.41, 5.74) is 2.30. The van der Waals surface area contributed by atoms with Crippen LogP contribution in [0.2, 0.25) is 0 Å². The molecule has 0 bridgehead atoms. The van der Waals surface area contributed by atoms with E-state index in [1.54, 1.807) is 0 Å². The molecule has 1 N–H and O–H groups in total. The van der Waals surface area contributed by atoms with Crippen molar-refractivity contribution in [3.8, 4) is 0 Å². The Morgan fingerprint density at radius 3 is 2.93 bits per heavy atom. The summed E-state index contributed by atoms with van der Waals surface area (Å²) in [7, 11) is 0. The fourth-order valence-electron chi connectivity index (χ4n) is 3.67. The number of likely N-dealkylation sites (tertiary alicyclic amines) is 1. The number of nitrogens with zero attached hydrogens (tertiary/aromatic N) is 1. The fourth-order valence-corrected chi connectivity index (χ4v) is 4.54. The van der Waals surface area contributed by atoms with Crippen molar-refractivity contribution in [2.45, 2.75) is 51.2 Å². The minimum absolute atomic E-state index is 0.0635. The summed E-state index contributed by atoms with van der Waals surface area (Å²) in [6.07, 6.45) is 7.84. The topological polar surface area (TPSA) is 57.6 Å². The number of aryl methyl sites for hydroxylation is 2. The van der Waals surface area contributed by atoms with Gasteiger partial charge in [-0.05, 0) is 43.9 Å². The van der Waals surface area contributed by atoms with E-state index in [9.17, 15) is 14.7 Å². The smallest absolute Gasteiger partial charge is 0.223 e. The molecule has 1 aliphatic rings. The maximum Gasteiger partial charge on any atom is 0.223 e. The third kappa shape index (κ3) is 5.63. The monoisotopic (exact) mass is 397 g/mol. The summed E-state index contributed by atoms with van der Waals surface area (Å²) in [5.74, 6) is 0.183. The van der Waals surface area contributed by atoms with E-state index in [1.165, 1.54) is 21.8 Å². The van der Waals surface area contributed by atoms with E-state index < -0.39 is 6.10 Å². The second kappa shape index (κ2) is 9.80. The zero-order chi connectivity index (χ0) is 19.9. The molecule has 0 radical (unpaired) electrons. The summed E-state index contributed by atoms with van der Waals surface area (Å²) in [6.45, 7) is 2.75. The van der Waals surface area contributed by atoms with Crippen LogP contribution >= 0.6 is 11.3 Å². The van der Waals surface area contributed by atoms with Crippen molar-refractivity contribution in [3.63, 3.8) is 0 Å². The normalized spacial score (nSPS) is 18.1. The van der Waals surface area contributed by atoms with E-state index >= 15 is 0 Å². The number of hydrogen-bond acceptors (Lipinski definition) is 4. The largest absolute Gasteiger partial charge is 0.389 e. The molecule has 148 valence electrons. The Bertz CT molecular complexity index is 842. The zero-order valence-corrected chi connectivity index (χ0v) is 17.0. The molecule has 1 aromatic heterocycles. The molecule has 1 aromatic carbocycles. The second-order valence-electron chi connectivity index (χ2n) is 7.36. The molecule has 2 aromatic rings. The first-order valence-corrected chi connectivity index (χ1v) is 10.6. The molecule has 1 aliphatic heterocycles. The first kappa shape index (κ1) is 20.5. The first-order valence-electron chi connectivity index (χ1n) is 9.80. The van der Waals surface area contributed by atoms with Crippen LogP contribution in [0.5, 0.6) is 0 Å². The quantitative estimate of drug-likeness (QED) is 0.515. The van der Waals surface area contributed by atoms with Gasteiger partial charge < -0.3 is 10.0 Å². The Labute approximate surface area is 170 Å². The van der Waals surface area contributed by atoms with Crippen LogP contribution < -0.4 is 0 Å². The van der Waals surface area contributed by atoms with Crippen molar-refractivity contribution < 1.29 is 14.7 Å². The summed E-state index contributed by atoms with van der Waals surface area (Å²) < 4.78 is 0. The number of carbonyl (C=O) groups excluding carboxylic acids is 2. The summed E-state index contributed by atoms with van der Waals surface area (Å²) in [6, 6.07) is 12.1. The number of aliphatic hydroxyl groups is 1. The van der Waals surface area contributed by atoms with E-state index in [0.29, 0.717) is 19.4 Å². The van der Waals surface area contributed by atoms with Crippen molar-refractivity contribution in [2.24, 2.45) is 0 Å². The van der Waals surface area contributed by atoms with Gasteiger partial charge in [-0.15, -0.1) is 11.3 Å². The van der Waals surface area contributed by atoms with Crippen LogP contribution in [0.4, 0.5) is 0 Å². The van der Waals surface area contributed by atoms with Gasteiger partial charge in [0.25, 0.3) is 0 Å². The Balaban J connectivity index is 1.51. The van der Waals surface area contributed by atoms with Gasteiger partial charge in [-0.1, -0.05) is 42.0 Å². The first-order chi connectivity index (χ1) is 13.5. The van der Waals surface area contributed by atoms with Gasteiger partial charge in [0.1, 0.15) is 0 Å². The SMILES string of the molecule is Cc1cccc(C[C@H](O)/C=C/C2CCC(=O)N2CCCc2ccc(C=O)s2)c1. The minimum Gasteiger partial charge on any atom is -0.389 e. The Morgan fingerprint density at radius 1 is 1.32 bits per heavy atom. The van der Waals surface area contributed by atoms with E-state index in [0.717, 1.165) is 36.0 Å². The highest BCUT2D eigenvalue weighted by molar-refractivity contribution is 7.13. The summed E-state index contributed by atoms with van der Waals surface area (Å²) in [4.78, 5) is 26.9. The summed E-state index contributed by atoms with van der Waals surface area (Å²) >= 11 is 1.51. The number of hydrogen-bond donors (Lipinski definition) is 1. The van der Waals surface area contributed by atoms with Crippen LogP contribution in [0.3, 0.4) is 0 Å². The predicted octanol–water partition coefficient (Wildman–Crippen LogP) is 3.95. The number of amides is 1. The van der Waals surface area contributed by atoms with Crippen molar-refractivity contribution in [2.75, 3.05) is 6.54 Å². The van der Waals surface area contributed by atoms with Gasteiger partial charge >= 0.3 is 0 Å². The Kier molecular flexibility index (Phi) is 7.18. The Hall–Kier alpha value is -2.24. The molecule has 0 saturated carbocycles. The van der Waals surface area contributed by atoms with Crippen LogP contribution in [-0.2, 0) is 17.6 Å². The predicted molar refractivity (Wildman–Crippen MR) is 113 cm³/mol. The molecular formula is C23H27NO3S. The average molecular weight is 398 g/mol. The lowest BCUT2D eigenvalue weighted by Gasteiger charge is -2.22.